The zero-order chi connectivity index (χ0) is 16.4. The second kappa shape index (κ2) is 6.14. The number of hydrogen-bond acceptors (Lipinski definition) is 3. The summed E-state index contributed by atoms with van der Waals surface area (Å²) < 4.78 is 26.8. The summed E-state index contributed by atoms with van der Waals surface area (Å²) in [5, 5.41) is 2.80. The van der Waals surface area contributed by atoms with E-state index in [4.69, 9.17) is 0 Å². The second-order valence-electron chi connectivity index (χ2n) is 5.74. The molecule has 1 saturated carbocycles. The first-order valence-electron chi connectivity index (χ1n) is 7.44. The summed E-state index contributed by atoms with van der Waals surface area (Å²) in [7, 11) is -3.49. The van der Waals surface area contributed by atoms with Gasteiger partial charge in [0.1, 0.15) is 0 Å². The average molecular weight is 330 g/mol. The van der Waals surface area contributed by atoms with Crippen LogP contribution in [0.25, 0.3) is 0 Å². The smallest absolute Gasteiger partial charge is 0.255 e. The Labute approximate surface area is 135 Å². The summed E-state index contributed by atoms with van der Waals surface area (Å²) in [6.07, 6.45) is 1.77. The lowest BCUT2D eigenvalue weighted by atomic mass is 10.2. The third kappa shape index (κ3) is 3.97. The SMILES string of the molecule is Cc1cccc(NC(=O)c2ccc(S(=O)(=O)NC3CC3)cc2)c1. The molecule has 1 aliphatic carbocycles. The monoisotopic (exact) mass is 330 g/mol. The molecule has 120 valence electrons. The van der Waals surface area contributed by atoms with E-state index < -0.39 is 10.0 Å². The fourth-order valence-corrected chi connectivity index (χ4v) is 3.51. The molecule has 3 rings (SSSR count). The number of hydrogen-bond donors (Lipinski definition) is 2. The number of benzene rings is 2. The van der Waals surface area contributed by atoms with Gasteiger partial charge in [0.15, 0.2) is 0 Å². The normalized spacial score (nSPS) is 14.5. The molecule has 0 aliphatic heterocycles. The Morgan fingerprint density at radius 2 is 1.78 bits per heavy atom. The maximum absolute atomic E-state index is 12.2. The van der Waals surface area contributed by atoms with Crippen molar-refractivity contribution in [2.24, 2.45) is 0 Å². The van der Waals surface area contributed by atoms with Gasteiger partial charge in [-0.25, -0.2) is 13.1 Å². The van der Waals surface area contributed by atoms with Crippen LogP contribution in [0.5, 0.6) is 0 Å². The minimum Gasteiger partial charge on any atom is -0.322 e. The fourth-order valence-electron chi connectivity index (χ4n) is 2.20. The van der Waals surface area contributed by atoms with E-state index in [0.29, 0.717) is 11.3 Å². The topological polar surface area (TPSA) is 75.3 Å². The number of nitrogens with one attached hydrogen (secondary N) is 2. The van der Waals surface area contributed by atoms with E-state index in [1.54, 1.807) is 0 Å². The van der Waals surface area contributed by atoms with Crippen molar-refractivity contribution in [3.8, 4) is 0 Å². The number of sulfonamides is 1. The van der Waals surface area contributed by atoms with E-state index in [-0.39, 0.29) is 16.8 Å². The van der Waals surface area contributed by atoms with Crippen LogP contribution >= 0.6 is 0 Å². The molecule has 0 aromatic heterocycles. The zero-order valence-corrected chi connectivity index (χ0v) is 13.6. The Hall–Kier alpha value is -2.18. The summed E-state index contributed by atoms with van der Waals surface area (Å²) in [5.41, 5.74) is 2.18. The van der Waals surface area contributed by atoms with Crippen molar-refractivity contribution >= 4 is 21.6 Å². The minimum absolute atomic E-state index is 0.0595. The molecule has 0 bridgehead atoms. The predicted octanol–water partition coefficient (Wildman–Crippen LogP) is 2.69. The van der Waals surface area contributed by atoms with Gasteiger partial charge < -0.3 is 5.32 Å². The van der Waals surface area contributed by atoms with Crippen LogP contribution in [0.15, 0.2) is 53.4 Å². The number of aryl methyl sites for hydroxylation is 1. The van der Waals surface area contributed by atoms with E-state index in [0.717, 1.165) is 18.4 Å². The molecular formula is C17H18N2O3S. The number of rotatable bonds is 5. The molecule has 0 unspecified atom stereocenters. The van der Waals surface area contributed by atoms with Crippen molar-refractivity contribution in [2.75, 3.05) is 5.32 Å². The molecule has 2 N–H and O–H groups in total. The van der Waals surface area contributed by atoms with E-state index in [9.17, 15) is 13.2 Å². The lowest BCUT2D eigenvalue weighted by Crippen LogP contribution is -2.25. The molecule has 1 aliphatic rings. The number of amides is 1. The van der Waals surface area contributed by atoms with Crippen molar-refractivity contribution < 1.29 is 13.2 Å². The molecule has 23 heavy (non-hydrogen) atoms. The van der Waals surface area contributed by atoms with Crippen LogP contribution in [0.2, 0.25) is 0 Å². The molecule has 5 nitrogen and oxygen atoms in total. The number of anilines is 1. The molecular weight excluding hydrogens is 312 g/mol. The van der Waals surface area contributed by atoms with Gasteiger partial charge in [0.05, 0.1) is 4.90 Å². The Morgan fingerprint density at radius 1 is 1.09 bits per heavy atom. The van der Waals surface area contributed by atoms with Crippen LogP contribution in [-0.4, -0.2) is 20.4 Å². The third-order valence-electron chi connectivity index (χ3n) is 3.60. The summed E-state index contributed by atoms with van der Waals surface area (Å²) in [6, 6.07) is 13.5. The van der Waals surface area contributed by atoms with Crippen molar-refractivity contribution in [2.45, 2.75) is 30.7 Å². The first-order chi connectivity index (χ1) is 10.9. The Bertz CT molecular complexity index is 825. The fraction of sp³-hybridized carbons (Fsp3) is 0.235. The van der Waals surface area contributed by atoms with E-state index in [1.165, 1.54) is 24.3 Å². The van der Waals surface area contributed by atoms with E-state index in [1.807, 2.05) is 31.2 Å². The molecule has 6 heteroatoms. The molecule has 0 saturated heterocycles. The Morgan fingerprint density at radius 3 is 2.39 bits per heavy atom. The summed E-state index contributed by atoms with van der Waals surface area (Å²) >= 11 is 0. The van der Waals surface area contributed by atoms with Crippen molar-refractivity contribution in [3.05, 3.63) is 59.7 Å². The molecule has 0 spiro atoms. The Balaban J connectivity index is 1.72. The molecule has 2 aromatic carbocycles. The summed E-state index contributed by atoms with van der Waals surface area (Å²) in [4.78, 5) is 12.4. The number of carbonyl (C=O) groups excluding carboxylic acids is 1. The second-order valence-corrected chi connectivity index (χ2v) is 7.46. The molecule has 0 heterocycles. The van der Waals surface area contributed by atoms with E-state index >= 15 is 0 Å². The van der Waals surface area contributed by atoms with Crippen LogP contribution < -0.4 is 10.0 Å². The van der Waals surface area contributed by atoms with Crippen LogP contribution in [-0.2, 0) is 10.0 Å². The van der Waals surface area contributed by atoms with Crippen molar-refractivity contribution in [3.63, 3.8) is 0 Å². The summed E-state index contributed by atoms with van der Waals surface area (Å²) in [6.45, 7) is 1.95. The first kappa shape index (κ1) is 15.7. The lowest BCUT2D eigenvalue weighted by Gasteiger charge is -2.08. The molecule has 2 aromatic rings. The largest absolute Gasteiger partial charge is 0.322 e. The van der Waals surface area contributed by atoms with Gasteiger partial charge >= 0.3 is 0 Å². The highest BCUT2D eigenvalue weighted by atomic mass is 32.2. The van der Waals surface area contributed by atoms with Gasteiger partial charge in [-0.3, -0.25) is 4.79 Å². The zero-order valence-electron chi connectivity index (χ0n) is 12.7. The minimum atomic E-state index is -3.49. The highest BCUT2D eigenvalue weighted by Crippen LogP contribution is 2.22. The van der Waals surface area contributed by atoms with Crippen molar-refractivity contribution in [1.82, 2.24) is 4.72 Å². The van der Waals surface area contributed by atoms with Gasteiger partial charge in [0.2, 0.25) is 10.0 Å². The highest BCUT2D eigenvalue weighted by molar-refractivity contribution is 7.89. The van der Waals surface area contributed by atoms with Gasteiger partial charge in [0.25, 0.3) is 5.91 Å². The van der Waals surface area contributed by atoms with Crippen LogP contribution in [0, 0.1) is 6.92 Å². The third-order valence-corrected chi connectivity index (χ3v) is 5.14. The van der Waals surface area contributed by atoms with Crippen LogP contribution in [0.4, 0.5) is 5.69 Å². The quantitative estimate of drug-likeness (QED) is 0.885. The highest BCUT2D eigenvalue weighted by Gasteiger charge is 2.27. The van der Waals surface area contributed by atoms with Gasteiger partial charge in [-0.2, -0.15) is 0 Å². The number of carbonyl (C=O) groups is 1. The predicted molar refractivity (Wildman–Crippen MR) is 88.9 cm³/mol. The molecule has 1 amide bonds. The molecule has 0 atom stereocenters. The maximum atomic E-state index is 12.2. The lowest BCUT2D eigenvalue weighted by molar-refractivity contribution is 0.102. The standard InChI is InChI=1S/C17H18N2O3S/c1-12-3-2-4-15(11-12)18-17(20)13-5-9-16(10-6-13)23(21,22)19-14-7-8-14/h2-6,9-11,14,19H,7-8H2,1H3,(H,18,20). The van der Waals surface area contributed by atoms with E-state index in [2.05, 4.69) is 10.0 Å². The van der Waals surface area contributed by atoms with Gasteiger partial charge in [-0.1, -0.05) is 12.1 Å². The van der Waals surface area contributed by atoms with Crippen LogP contribution in [0.3, 0.4) is 0 Å². The van der Waals surface area contributed by atoms with Gasteiger partial charge in [0, 0.05) is 17.3 Å². The Kier molecular flexibility index (Phi) is 4.19. The molecule has 1 fully saturated rings. The van der Waals surface area contributed by atoms with Crippen molar-refractivity contribution in [1.29, 1.82) is 0 Å². The van der Waals surface area contributed by atoms with Gasteiger partial charge in [-0.15, -0.1) is 0 Å². The van der Waals surface area contributed by atoms with Crippen LogP contribution in [0.1, 0.15) is 28.8 Å². The first-order valence-corrected chi connectivity index (χ1v) is 8.93. The average Bonchev–Trinajstić information content (AvgIpc) is 3.30. The van der Waals surface area contributed by atoms with Gasteiger partial charge in [-0.05, 0) is 61.7 Å². The summed E-state index contributed by atoms with van der Waals surface area (Å²) in [5.74, 6) is -0.269. The maximum Gasteiger partial charge on any atom is 0.255 e. The molecule has 0 radical (unpaired) electrons.